The number of aliphatic hydroxyl groups is 1. The van der Waals surface area contributed by atoms with Crippen molar-refractivity contribution in [3.8, 4) is 0 Å². The number of nitrogens with zero attached hydrogens (tertiary/aromatic N) is 2. The largest absolute Gasteiger partial charge is 0.391 e. The summed E-state index contributed by atoms with van der Waals surface area (Å²) in [6.45, 7) is 9.41. The summed E-state index contributed by atoms with van der Waals surface area (Å²) < 4.78 is 0. The Bertz CT molecular complexity index is 705. The Morgan fingerprint density at radius 2 is 1.77 bits per heavy atom. The Morgan fingerprint density at radius 3 is 2.35 bits per heavy atom. The number of aryl methyl sites for hydroxylation is 1. The Balaban J connectivity index is 1.72. The van der Waals surface area contributed by atoms with Crippen molar-refractivity contribution >= 4 is 11.8 Å². The van der Waals surface area contributed by atoms with Crippen LogP contribution in [0.15, 0.2) is 24.3 Å². The van der Waals surface area contributed by atoms with E-state index in [0.29, 0.717) is 26.1 Å². The fourth-order valence-electron chi connectivity index (χ4n) is 4.49. The number of aliphatic hydroxyl groups excluding tert-OH is 1. The average molecular weight is 358 g/mol. The van der Waals surface area contributed by atoms with Gasteiger partial charge in [0.05, 0.1) is 11.6 Å². The molecule has 1 aromatic rings. The first-order valence-electron chi connectivity index (χ1n) is 9.47. The monoisotopic (exact) mass is 358 g/mol. The van der Waals surface area contributed by atoms with E-state index in [0.717, 1.165) is 24.0 Å². The highest BCUT2D eigenvalue weighted by atomic mass is 16.3. The van der Waals surface area contributed by atoms with Gasteiger partial charge in [-0.1, -0.05) is 18.2 Å². The molecule has 0 saturated carbocycles. The molecule has 3 rings (SSSR count). The molecular weight excluding hydrogens is 328 g/mol. The number of amides is 2. The molecule has 5 nitrogen and oxygen atoms in total. The molecule has 2 heterocycles. The predicted molar refractivity (Wildman–Crippen MR) is 101 cm³/mol. The van der Waals surface area contributed by atoms with E-state index < -0.39 is 11.6 Å². The van der Waals surface area contributed by atoms with E-state index in [-0.39, 0.29) is 17.2 Å². The predicted octanol–water partition coefficient (Wildman–Crippen LogP) is 2.61. The molecule has 2 aliphatic heterocycles. The van der Waals surface area contributed by atoms with Gasteiger partial charge in [-0.05, 0) is 57.1 Å². The molecule has 26 heavy (non-hydrogen) atoms. The molecule has 2 fully saturated rings. The highest BCUT2D eigenvalue weighted by molar-refractivity contribution is 5.95. The van der Waals surface area contributed by atoms with Crippen LogP contribution < -0.4 is 0 Å². The highest BCUT2D eigenvalue weighted by Crippen LogP contribution is 2.45. The van der Waals surface area contributed by atoms with Crippen molar-refractivity contribution < 1.29 is 14.7 Å². The quantitative estimate of drug-likeness (QED) is 0.839. The van der Waals surface area contributed by atoms with E-state index in [2.05, 4.69) is 0 Å². The summed E-state index contributed by atoms with van der Waals surface area (Å²) in [4.78, 5) is 28.7. The van der Waals surface area contributed by atoms with Crippen molar-refractivity contribution in [3.63, 3.8) is 0 Å². The van der Waals surface area contributed by atoms with Crippen LogP contribution in [0.4, 0.5) is 0 Å². The van der Waals surface area contributed by atoms with Gasteiger partial charge in [0.25, 0.3) is 5.91 Å². The van der Waals surface area contributed by atoms with Crippen LogP contribution in [-0.2, 0) is 4.79 Å². The fourth-order valence-corrected chi connectivity index (χ4v) is 4.49. The van der Waals surface area contributed by atoms with Crippen molar-refractivity contribution in [1.29, 1.82) is 0 Å². The van der Waals surface area contributed by atoms with Crippen LogP contribution in [0.3, 0.4) is 0 Å². The summed E-state index contributed by atoms with van der Waals surface area (Å²) in [5.74, 6) is 0.0876. The molecule has 2 saturated heterocycles. The first-order valence-corrected chi connectivity index (χ1v) is 9.47. The van der Waals surface area contributed by atoms with Gasteiger partial charge in [-0.2, -0.15) is 0 Å². The minimum Gasteiger partial charge on any atom is -0.391 e. The van der Waals surface area contributed by atoms with Crippen LogP contribution in [0.2, 0.25) is 0 Å². The summed E-state index contributed by atoms with van der Waals surface area (Å²) in [6, 6.07) is 7.68. The molecule has 1 spiro atoms. The fraction of sp³-hybridized carbons (Fsp3) is 0.619. The molecule has 0 aliphatic carbocycles. The van der Waals surface area contributed by atoms with Crippen molar-refractivity contribution in [2.24, 2.45) is 5.41 Å². The molecule has 142 valence electrons. The second-order valence-corrected chi connectivity index (χ2v) is 8.59. The van der Waals surface area contributed by atoms with Gasteiger partial charge in [0.15, 0.2) is 0 Å². The van der Waals surface area contributed by atoms with Crippen LogP contribution in [0, 0.1) is 12.3 Å². The maximum atomic E-state index is 12.8. The number of hydrogen-bond donors (Lipinski definition) is 1. The lowest BCUT2D eigenvalue weighted by Crippen LogP contribution is -2.64. The zero-order chi connectivity index (χ0) is 19.1. The third kappa shape index (κ3) is 3.25. The maximum Gasteiger partial charge on any atom is 0.254 e. The molecule has 0 unspecified atom stereocenters. The molecule has 1 aromatic carbocycles. The van der Waals surface area contributed by atoms with Gasteiger partial charge in [-0.3, -0.25) is 9.59 Å². The molecule has 1 N–H and O–H groups in total. The smallest absolute Gasteiger partial charge is 0.254 e. The third-order valence-electron chi connectivity index (χ3n) is 6.50. The molecule has 0 aromatic heterocycles. The standard InChI is InChI=1S/C21H30N2O3/c1-15-7-5-6-8-17(15)19(26)22-11-9-21(10-12-22)13-18(25)20(3,4)23(14-21)16(2)24/h5-8,18,25H,9-14H2,1-4H3/t18-/m1/s1. The van der Waals surface area contributed by atoms with Crippen molar-refractivity contribution in [3.05, 3.63) is 35.4 Å². The number of piperidine rings is 2. The zero-order valence-electron chi connectivity index (χ0n) is 16.3. The summed E-state index contributed by atoms with van der Waals surface area (Å²) in [5, 5.41) is 10.7. The van der Waals surface area contributed by atoms with Gasteiger partial charge in [-0.15, -0.1) is 0 Å². The van der Waals surface area contributed by atoms with Gasteiger partial charge in [0, 0.05) is 32.1 Å². The Morgan fingerprint density at radius 1 is 1.15 bits per heavy atom. The Labute approximate surface area is 156 Å². The molecule has 1 atom stereocenters. The number of rotatable bonds is 1. The van der Waals surface area contributed by atoms with E-state index in [1.54, 1.807) is 6.92 Å². The van der Waals surface area contributed by atoms with E-state index >= 15 is 0 Å². The van der Waals surface area contributed by atoms with Crippen LogP contribution in [0.1, 0.15) is 56.0 Å². The maximum absolute atomic E-state index is 12.8. The summed E-state index contributed by atoms with van der Waals surface area (Å²) in [7, 11) is 0. The van der Waals surface area contributed by atoms with E-state index in [4.69, 9.17) is 0 Å². The Kier molecular flexibility index (Phi) is 4.86. The summed E-state index contributed by atoms with van der Waals surface area (Å²) in [5.41, 5.74) is 1.13. The van der Waals surface area contributed by atoms with E-state index in [1.807, 2.05) is 54.8 Å². The lowest BCUT2D eigenvalue weighted by molar-refractivity contribution is -0.156. The highest BCUT2D eigenvalue weighted by Gasteiger charge is 2.50. The molecule has 0 radical (unpaired) electrons. The van der Waals surface area contributed by atoms with E-state index in [9.17, 15) is 14.7 Å². The van der Waals surface area contributed by atoms with Crippen molar-refractivity contribution in [1.82, 2.24) is 9.80 Å². The van der Waals surface area contributed by atoms with Gasteiger partial charge in [-0.25, -0.2) is 0 Å². The Hall–Kier alpha value is -1.88. The minimum atomic E-state index is -0.543. The average Bonchev–Trinajstić information content (AvgIpc) is 2.59. The number of hydrogen-bond acceptors (Lipinski definition) is 3. The first-order chi connectivity index (χ1) is 12.2. The lowest BCUT2D eigenvalue weighted by atomic mass is 9.67. The van der Waals surface area contributed by atoms with Crippen LogP contribution >= 0.6 is 0 Å². The second kappa shape index (κ2) is 6.69. The SMILES string of the molecule is CC(=O)N1CC2(CCN(C(=O)c3ccccc3C)CC2)C[C@@H](O)C1(C)C. The van der Waals surface area contributed by atoms with Crippen molar-refractivity contribution in [2.45, 2.75) is 58.6 Å². The van der Waals surface area contributed by atoms with Gasteiger partial charge in [0.1, 0.15) is 0 Å². The van der Waals surface area contributed by atoms with Crippen LogP contribution in [0.5, 0.6) is 0 Å². The number of carbonyl (C=O) groups is 2. The number of benzene rings is 1. The molecule has 0 bridgehead atoms. The van der Waals surface area contributed by atoms with Crippen molar-refractivity contribution in [2.75, 3.05) is 19.6 Å². The van der Waals surface area contributed by atoms with Gasteiger partial charge in [0.2, 0.25) is 5.91 Å². The number of likely N-dealkylation sites (tertiary alicyclic amines) is 2. The van der Waals surface area contributed by atoms with Crippen LogP contribution in [-0.4, -0.2) is 58.0 Å². The normalized spacial score (nSPS) is 24.6. The summed E-state index contributed by atoms with van der Waals surface area (Å²) in [6.07, 6.45) is 1.79. The third-order valence-corrected chi connectivity index (χ3v) is 6.50. The molecule has 5 heteroatoms. The van der Waals surface area contributed by atoms with E-state index in [1.165, 1.54) is 0 Å². The first kappa shape index (κ1) is 18.9. The number of carbonyl (C=O) groups excluding carboxylic acids is 2. The minimum absolute atomic E-state index is 0.00606. The summed E-state index contributed by atoms with van der Waals surface area (Å²) >= 11 is 0. The topological polar surface area (TPSA) is 60.9 Å². The van der Waals surface area contributed by atoms with Gasteiger partial charge >= 0.3 is 0 Å². The second-order valence-electron chi connectivity index (χ2n) is 8.59. The molecule has 2 amide bonds. The van der Waals surface area contributed by atoms with Gasteiger partial charge < -0.3 is 14.9 Å². The lowest BCUT2D eigenvalue weighted by Gasteiger charge is -2.55. The molecular formula is C21H30N2O3. The zero-order valence-corrected chi connectivity index (χ0v) is 16.3. The molecule has 2 aliphatic rings. The van der Waals surface area contributed by atoms with Crippen LogP contribution in [0.25, 0.3) is 0 Å².